The van der Waals surface area contributed by atoms with Crippen LogP contribution in [0.2, 0.25) is 0 Å². The van der Waals surface area contributed by atoms with E-state index in [1.807, 2.05) is 16.8 Å². The van der Waals surface area contributed by atoms with Crippen LogP contribution in [0.25, 0.3) is 0 Å². The van der Waals surface area contributed by atoms with E-state index in [2.05, 4.69) is 4.98 Å². The molecule has 0 atom stereocenters. The van der Waals surface area contributed by atoms with Crippen molar-refractivity contribution >= 4 is 28.7 Å². The third-order valence-corrected chi connectivity index (χ3v) is 3.17. The second-order valence-electron chi connectivity index (χ2n) is 3.82. The molecule has 0 aliphatic rings. The number of nitrogen functional groups attached to an aromatic ring is 1. The number of thiophene rings is 1. The second-order valence-corrected chi connectivity index (χ2v) is 4.60. The van der Waals surface area contributed by atoms with Gasteiger partial charge in [-0.2, -0.15) is 11.3 Å². The fourth-order valence-electron chi connectivity index (χ4n) is 1.61. The Morgan fingerprint density at radius 1 is 1.50 bits per heavy atom. The standard InChI is InChI=1S/C11H12N4O2S/c1-14(6-8-4-5-18-7-8)11-9(15(16)17)2-3-10(12)13-11/h2-5,7H,6H2,1H3,(H2,12,13). The first-order valence-electron chi connectivity index (χ1n) is 5.21. The number of nitrogens with zero attached hydrogens (tertiary/aromatic N) is 3. The lowest BCUT2D eigenvalue weighted by Gasteiger charge is -2.17. The van der Waals surface area contributed by atoms with Crippen LogP contribution in [0.1, 0.15) is 5.56 Å². The maximum atomic E-state index is 10.9. The van der Waals surface area contributed by atoms with E-state index in [0.717, 1.165) is 5.56 Å². The lowest BCUT2D eigenvalue weighted by molar-refractivity contribution is -0.384. The average Bonchev–Trinajstić information content (AvgIpc) is 2.81. The van der Waals surface area contributed by atoms with Crippen molar-refractivity contribution in [3.8, 4) is 0 Å². The second kappa shape index (κ2) is 5.01. The van der Waals surface area contributed by atoms with Crippen LogP contribution in [-0.4, -0.2) is 17.0 Å². The summed E-state index contributed by atoms with van der Waals surface area (Å²) in [6.07, 6.45) is 0. The highest BCUT2D eigenvalue weighted by Gasteiger charge is 2.19. The Bertz CT molecular complexity index is 556. The first-order chi connectivity index (χ1) is 8.58. The quantitative estimate of drug-likeness (QED) is 0.676. The molecule has 0 radical (unpaired) electrons. The molecule has 2 aromatic heterocycles. The molecule has 0 saturated heterocycles. The molecule has 94 valence electrons. The van der Waals surface area contributed by atoms with Crippen LogP contribution in [0.15, 0.2) is 29.0 Å². The van der Waals surface area contributed by atoms with E-state index in [9.17, 15) is 10.1 Å². The van der Waals surface area contributed by atoms with Crippen molar-refractivity contribution in [1.82, 2.24) is 4.98 Å². The molecule has 2 heterocycles. The lowest BCUT2D eigenvalue weighted by Crippen LogP contribution is -2.19. The van der Waals surface area contributed by atoms with Crippen LogP contribution in [0.3, 0.4) is 0 Å². The van der Waals surface area contributed by atoms with Gasteiger partial charge in [-0.25, -0.2) is 4.98 Å². The van der Waals surface area contributed by atoms with E-state index in [0.29, 0.717) is 6.54 Å². The van der Waals surface area contributed by atoms with Gasteiger partial charge in [0.15, 0.2) is 0 Å². The summed E-state index contributed by atoms with van der Waals surface area (Å²) in [5, 5.41) is 14.9. The van der Waals surface area contributed by atoms with Gasteiger partial charge in [0.1, 0.15) is 5.82 Å². The molecule has 2 N–H and O–H groups in total. The van der Waals surface area contributed by atoms with Crippen LogP contribution < -0.4 is 10.6 Å². The molecular formula is C11H12N4O2S. The molecule has 0 aromatic carbocycles. The molecule has 0 saturated carbocycles. The topological polar surface area (TPSA) is 85.3 Å². The fraction of sp³-hybridized carbons (Fsp3) is 0.182. The van der Waals surface area contributed by atoms with Crippen molar-refractivity contribution in [2.75, 3.05) is 17.7 Å². The largest absolute Gasteiger partial charge is 0.384 e. The Kier molecular flexibility index (Phi) is 3.42. The highest BCUT2D eigenvalue weighted by molar-refractivity contribution is 7.07. The Morgan fingerprint density at radius 3 is 2.89 bits per heavy atom. The summed E-state index contributed by atoms with van der Waals surface area (Å²) in [7, 11) is 1.76. The van der Waals surface area contributed by atoms with E-state index in [1.165, 1.54) is 12.1 Å². The minimum atomic E-state index is -0.452. The molecule has 0 spiro atoms. The van der Waals surface area contributed by atoms with Crippen LogP contribution in [0.5, 0.6) is 0 Å². The van der Waals surface area contributed by atoms with Gasteiger partial charge in [-0.05, 0) is 28.5 Å². The number of hydrogen-bond acceptors (Lipinski definition) is 6. The summed E-state index contributed by atoms with van der Waals surface area (Å²) in [5.74, 6) is 0.555. The monoisotopic (exact) mass is 264 g/mol. The first kappa shape index (κ1) is 12.3. The summed E-state index contributed by atoms with van der Waals surface area (Å²) in [6, 6.07) is 4.78. The Labute approximate surface area is 108 Å². The van der Waals surface area contributed by atoms with Gasteiger partial charge in [-0.3, -0.25) is 10.1 Å². The van der Waals surface area contributed by atoms with Crippen LogP contribution in [0, 0.1) is 10.1 Å². The molecule has 2 rings (SSSR count). The van der Waals surface area contributed by atoms with Crippen LogP contribution in [-0.2, 0) is 6.54 Å². The van der Waals surface area contributed by atoms with E-state index >= 15 is 0 Å². The minimum absolute atomic E-state index is 0.0399. The summed E-state index contributed by atoms with van der Waals surface area (Å²) in [6.45, 7) is 0.556. The van der Waals surface area contributed by atoms with Crippen LogP contribution in [0.4, 0.5) is 17.3 Å². The van der Waals surface area contributed by atoms with Crippen molar-refractivity contribution in [3.63, 3.8) is 0 Å². The molecule has 0 fully saturated rings. The zero-order chi connectivity index (χ0) is 13.1. The number of anilines is 2. The van der Waals surface area contributed by atoms with Gasteiger partial charge in [0, 0.05) is 19.7 Å². The summed E-state index contributed by atoms with van der Waals surface area (Å²) in [4.78, 5) is 16.2. The zero-order valence-corrected chi connectivity index (χ0v) is 10.6. The number of hydrogen-bond donors (Lipinski definition) is 1. The highest BCUT2D eigenvalue weighted by atomic mass is 32.1. The fourth-order valence-corrected chi connectivity index (χ4v) is 2.27. The molecule has 7 heteroatoms. The summed E-state index contributed by atoms with van der Waals surface area (Å²) in [5.41, 5.74) is 6.62. The van der Waals surface area contributed by atoms with Gasteiger partial charge in [-0.15, -0.1) is 0 Å². The van der Waals surface area contributed by atoms with Crippen molar-refractivity contribution in [2.24, 2.45) is 0 Å². The number of aromatic nitrogens is 1. The van der Waals surface area contributed by atoms with Crippen LogP contribution >= 0.6 is 11.3 Å². The van der Waals surface area contributed by atoms with E-state index in [-0.39, 0.29) is 17.3 Å². The normalized spacial score (nSPS) is 10.3. The van der Waals surface area contributed by atoms with E-state index in [4.69, 9.17) is 5.73 Å². The number of nitrogens with two attached hydrogens (primary N) is 1. The zero-order valence-electron chi connectivity index (χ0n) is 9.74. The lowest BCUT2D eigenvalue weighted by atomic mass is 10.3. The highest BCUT2D eigenvalue weighted by Crippen LogP contribution is 2.27. The molecule has 2 aromatic rings. The maximum absolute atomic E-state index is 10.9. The molecule has 6 nitrogen and oxygen atoms in total. The van der Waals surface area contributed by atoms with Crippen molar-refractivity contribution < 1.29 is 4.92 Å². The summed E-state index contributed by atoms with van der Waals surface area (Å²) >= 11 is 1.58. The summed E-state index contributed by atoms with van der Waals surface area (Å²) < 4.78 is 0. The average molecular weight is 264 g/mol. The predicted octanol–water partition coefficient (Wildman–Crippen LogP) is 2.27. The van der Waals surface area contributed by atoms with Gasteiger partial charge in [-0.1, -0.05) is 0 Å². The molecule has 0 unspecified atom stereocenters. The van der Waals surface area contributed by atoms with Crippen molar-refractivity contribution in [2.45, 2.75) is 6.54 Å². The molecule has 18 heavy (non-hydrogen) atoms. The Hall–Kier alpha value is -2.15. The SMILES string of the molecule is CN(Cc1ccsc1)c1nc(N)ccc1[N+](=O)[O-]. The van der Waals surface area contributed by atoms with Crippen molar-refractivity contribution in [3.05, 3.63) is 44.6 Å². The first-order valence-corrected chi connectivity index (χ1v) is 6.15. The van der Waals surface area contributed by atoms with Gasteiger partial charge >= 0.3 is 5.69 Å². The van der Waals surface area contributed by atoms with E-state index in [1.54, 1.807) is 23.3 Å². The van der Waals surface area contributed by atoms with Gasteiger partial charge in [0.2, 0.25) is 5.82 Å². The predicted molar refractivity (Wildman–Crippen MR) is 71.7 cm³/mol. The number of rotatable bonds is 4. The number of pyridine rings is 1. The Morgan fingerprint density at radius 2 is 2.28 bits per heavy atom. The Balaban J connectivity index is 2.31. The maximum Gasteiger partial charge on any atom is 0.311 e. The molecule has 0 bridgehead atoms. The molecule has 0 aliphatic carbocycles. The molecule has 0 aliphatic heterocycles. The van der Waals surface area contributed by atoms with Gasteiger partial charge in [0.05, 0.1) is 4.92 Å². The van der Waals surface area contributed by atoms with Gasteiger partial charge in [0.25, 0.3) is 0 Å². The molecular weight excluding hydrogens is 252 g/mol. The molecule has 0 amide bonds. The van der Waals surface area contributed by atoms with Gasteiger partial charge < -0.3 is 10.6 Å². The third-order valence-electron chi connectivity index (χ3n) is 2.43. The van der Waals surface area contributed by atoms with E-state index < -0.39 is 4.92 Å². The smallest absolute Gasteiger partial charge is 0.311 e. The number of nitro groups is 1. The third kappa shape index (κ3) is 2.57. The minimum Gasteiger partial charge on any atom is -0.384 e. The van der Waals surface area contributed by atoms with Crippen molar-refractivity contribution in [1.29, 1.82) is 0 Å².